The van der Waals surface area contributed by atoms with Gasteiger partial charge in [-0.3, -0.25) is 9.59 Å². The highest BCUT2D eigenvalue weighted by molar-refractivity contribution is 8.19. The highest BCUT2D eigenvalue weighted by Crippen LogP contribution is 2.31. The van der Waals surface area contributed by atoms with Crippen molar-refractivity contribution in [3.8, 4) is 0 Å². The molecule has 1 aliphatic heterocycles. The zero-order valence-corrected chi connectivity index (χ0v) is 13.3. The molecule has 2 aromatic carbocycles. The molecule has 2 amide bonds. The van der Waals surface area contributed by atoms with Crippen LogP contribution in [-0.4, -0.2) is 23.9 Å². The van der Waals surface area contributed by atoms with E-state index in [1.807, 2.05) is 36.4 Å². The molecule has 0 unspecified atom stereocenters. The molecule has 2 aromatic rings. The summed E-state index contributed by atoms with van der Waals surface area (Å²) < 4.78 is 0. The van der Waals surface area contributed by atoms with Crippen molar-refractivity contribution in [1.29, 1.82) is 0 Å². The standard InChI is InChI=1S/C18H14N2O2S/c1-19-16(21)13-7-9-14(10-8-13)18-20-17(22)15(23-18)11-12-5-3-2-4-6-12/h2-11H,1H3,(H,19,21)/b15-11-. The number of nitrogens with one attached hydrogen (secondary N) is 1. The van der Waals surface area contributed by atoms with Gasteiger partial charge in [0.05, 0.1) is 4.91 Å². The zero-order chi connectivity index (χ0) is 16.2. The van der Waals surface area contributed by atoms with Crippen molar-refractivity contribution < 1.29 is 9.59 Å². The SMILES string of the molecule is CNC(=O)c1ccc(C2=NC(=O)/C(=C/c3ccccc3)S2)cc1. The Morgan fingerprint density at radius 3 is 2.43 bits per heavy atom. The second-order valence-corrected chi connectivity index (χ2v) is 5.93. The monoisotopic (exact) mass is 322 g/mol. The fourth-order valence-corrected chi connectivity index (χ4v) is 3.06. The van der Waals surface area contributed by atoms with Gasteiger partial charge in [-0.1, -0.05) is 54.2 Å². The van der Waals surface area contributed by atoms with Gasteiger partial charge in [-0.2, -0.15) is 0 Å². The van der Waals surface area contributed by atoms with Crippen LogP contribution in [0.25, 0.3) is 6.08 Å². The minimum Gasteiger partial charge on any atom is -0.355 e. The quantitative estimate of drug-likeness (QED) is 0.883. The van der Waals surface area contributed by atoms with Gasteiger partial charge in [0.2, 0.25) is 0 Å². The van der Waals surface area contributed by atoms with Crippen LogP contribution in [0.3, 0.4) is 0 Å². The molecule has 0 aliphatic carbocycles. The lowest BCUT2D eigenvalue weighted by atomic mass is 10.1. The number of hydrogen-bond acceptors (Lipinski definition) is 3. The molecule has 1 heterocycles. The maximum atomic E-state index is 12.0. The van der Waals surface area contributed by atoms with Crippen molar-refractivity contribution in [2.75, 3.05) is 7.05 Å². The average Bonchev–Trinajstić information content (AvgIpc) is 2.96. The highest BCUT2D eigenvalue weighted by Gasteiger charge is 2.22. The molecule has 0 saturated carbocycles. The van der Waals surface area contributed by atoms with Gasteiger partial charge in [-0.05, 0) is 23.8 Å². The van der Waals surface area contributed by atoms with Crippen LogP contribution in [0, 0.1) is 0 Å². The predicted octanol–water partition coefficient (Wildman–Crippen LogP) is 3.11. The van der Waals surface area contributed by atoms with Gasteiger partial charge in [-0.15, -0.1) is 0 Å². The van der Waals surface area contributed by atoms with Crippen LogP contribution in [0.4, 0.5) is 0 Å². The second kappa shape index (κ2) is 6.62. The maximum Gasteiger partial charge on any atom is 0.284 e. The summed E-state index contributed by atoms with van der Waals surface area (Å²) in [7, 11) is 1.59. The number of aliphatic imine (C=N–C) groups is 1. The molecule has 0 fully saturated rings. The van der Waals surface area contributed by atoms with E-state index in [0.717, 1.165) is 11.1 Å². The summed E-state index contributed by atoms with van der Waals surface area (Å²) in [5.74, 6) is -0.373. The molecule has 1 N–H and O–H groups in total. The normalized spacial score (nSPS) is 15.6. The minimum absolute atomic E-state index is 0.140. The van der Waals surface area contributed by atoms with Gasteiger partial charge in [0.1, 0.15) is 5.04 Å². The molecule has 1 aliphatic rings. The van der Waals surface area contributed by atoms with Crippen LogP contribution in [-0.2, 0) is 4.79 Å². The topological polar surface area (TPSA) is 58.5 Å². The number of benzene rings is 2. The molecule has 114 valence electrons. The van der Waals surface area contributed by atoms with E-state index < -0.39 is 0 Å². The van der Waals surface area contributed by atoms with Gasteiger partial charge < -0.3 is 5.32 Å². The number of hydrogen-bond donors (Lipinski definition) is 1. The Bertz CT molecular complexity index is 809. The van der Waals surface area contributed by atoms with Crippen molar-refractivity contribution in [3.05, 3.63) is 76.2 Å². The van der Waals surface area contributed by atoms with Crippen molar-refractivity contribution in [2.24, 2.45) is 4.99 Å². The summed E-state index contributed by atoms with van der Waals surface area (Å²) in [5.41, 5.74) is 2.37. The van der Waals surface area contributed by atoms with E-state index in [9.17, 15) is 9.59 Å². The number of rotatable bonds is 3. The van der Waals surface area contributed by atoms with Gasteiger partial charge in [0.15, 0.2) is 0 Å². The fraction of sp³-hybridized carbons (Fsp3) is 0.0556. The molecule has 23 heavy (non-hydrogen) atoms. The highest BCUT2D eigenvalue weighted by atomic mass is 32.2. The smallest absolute Gasteiger partial charge is 0.284 e. The molecule has 0 spiro atoms. The fourth-order valence-electron chi connectivity index (χ4n) is 2.14. The Morgan fingerprint density at radius 2 is 1.78 bits per heavy atom. The first kappa shape index (κ1) is 15.2. The number of nitrogens with zero attached hydrogens (tertiary/aromatic N) is 1. The molecule has 0 radical (unpaired) electrons. The van der Waals surface area contributed by atoms with E-state index >= 15 is 0 Å². The molecule has 0 aromatic heterocycles. The maximum absolute atomic E-state index is 12.0. The number of carbonyl (C=O) groups excluding carboxylic acids is 2. The van der Waals surface area contributed by atoms with Crippen molar-refractivity contribution >= 4 is 34.7 Å². The van der Waals surface area contributed by atoms with Crippen molar-refractivity contribution in [2.45, 2.75) is 0 Å². The molecule has 0 saturated heterocycles. The number of amides is 2. The summed E-state index contributed by atoms with van der Waals surface area (Å²) in [6.07, 6.45) is 1.84. The third kappa shape index (κ3) is 3.40. The molecule has 4 nitrogen and oxygen atoms in total. The van der Waals surface area contributed by atoms with E-state index in [4.69, 9.17) is 0 Å². The Balaban J connectivity index is 1.80. The molecular weight excluding hydrogens is 308 g/mol. The van der Waals surface area contributed by atoms with E-state index in [-0.39, 0.29) is 11.8 Å². The lowest BCUT2D eigenvalue weighted by Gasteiger charge is -2.02. The Hall–Kier alpha value is -2.66. The van der Waals surface area contributed by atoms with Crippen LogP contribution in [0.2, 0.25) is 0 Å². The lowest BCUT2D eigenvalue weighted by Crippen LogP contribution is -2.17. The first-order chi connectivity index (χ1) is 11.2. The number of thioether (sulfide) groups is 1. The summed E-state index contributed by atoms with van der Waals surface area (Å²) in [6.45, 7) is 0. The van der Waals surface area contributed by atoms with Crippen LogP contribution in [0.1, 0.15) is 21.5 Å². The molecule has 0 atom stereocenters. The first-order valence-corrected chi connectivity index (χ1v) is 7.89. The largest absolute Gasteiger partial charge is 0.355 e. The summed E-state index contributed by atoms with van der Waals surface area (Å²) in [4.78, 5) is 28.3. The van der Waals surface area contributed by atoms with Crippen LogP contribution in [0.5, 0.6) is 0 Å². The summed E-state index contributed by atoms with van der Waals surface area (Å²) >= 11 is 1.35. The number of carbonyl (C=O) groups is 2. The van der Waals surface area contributed by atoms with Crippen molar-refractivity contribution in [1.82, 2.24) is 5.32 Å². The molecule has 0 bridgehead atoms. The Labute approximate surface area is 138 Å². The van der Waals surface area contributed by atoms with Gasteiger partial charge >= 0.3 is 0 Å². The van der Waals surface area contributed by atoms with E-state index in [1.54, 1.807) is 31.3 Å². The molecule has 5 heteroatoms. The zero-order valence-electron chi connectivity index (χ0n) is 12.4. The summed E-state index contributed by atoms with van der Waals surface area (Å²) in [6, 6.07) is 16.7. The molecular formula is C18H14N2O2S. The molecule has 3 rings (SSSR count). The van der Waals surface area contributed by atoms with E-state index in [0.29, 0.717) is 15.5 Å². The van der Waals surface area contributed by atoms with Crippen LogP contribution in [0.15, 0.2) is 64.5 Å². The lowest BCUT2D eigenvalue weighted by molar-refractivity contribution is -0.113. The van der Waals surface area contributed by atoms with Gasteiger partial charge in [0.25, 0.3) is 11.8 Å². The third-order valence-corrected chi connectivity index (χ3v) is 4.37. The minimum atomic E-state index is -0.232. The predicted molar refractivity (Wildman–Crippen MR) is 93.4 cm³/mol. The second-order valence-electron chi connectivity index (χ2n) is 4.90. The van der Waals surface area contributed by atoms with Gasteiger partial charge in [-0.25, -0.2) is 4.99 Å². The average molecular weight is 322 g/mol. The van der Waals surface area contributed by atoms with E-state index in [1.165, 1.54) is 11.8 Å². The van der Waals surface area contributed by atoms with Crippen LogP contribution < -0.4 is 5.32 Å². The first-order valence-electron chi connectivity index (χ1n) is 7.07. The summed E-state index contributed by atoms with van der Waals surface area (Å²) in [5, 5.41) is 3.23. The van der Waals surface area contributed by atoms with E-state index in [2.05, 4.69) is 10.3 Å². The Morgan fingerprint density at radius 1 is 1.09 bits per heavy atom. The Kier molecular flexibility index (Phi) is 4.39. The van der Waals surface area contributed by atoms with Crippen molar-refractivity contribution in [3.63, 3.8) is 0 Å². The van der Waals surface area contributed by atoms with Gasteiger partial charge in [0, 0.05) is 18.2 Å². The third-order valence-electron chi connectivity index (χ3n) is 3.34. The van der Waals surface area contributed by atoms with Crippen LogP contribution >= 0.6 is 11.8 Å².